The lowest BCUT2D eigenvalue weighted by Gasteiger charge is -2.26. The number of nitrogens with zero attached hydrogens (tertiary/aromatic N) is 3. The molecular weight excluding hydrogens is 449 g/mol. The number of hydrogen-bond donors (Lipinski definition) is 2. The average molecular weight is 465 g/mol. The third kappa shape index (κ3) is 4.23. The highest BCUT2D eigenvalue weighted by atomic mass is 19.4. The number of urea groups is 1. The fraction of sp³-hybridized carbons (Fsp3) is 0.190. The van der Waals surface area contributed by atoms with Gasteiger partial charge in [-0.15, -0.1) is 0 Å². The van der Waals surface area contributed by atoms with E-state index in [1.165, 1.54) is 27.8 Å². The molecule has 3 amide bonds. The van der Waals surface area contributed by atoms with Crippen LogP contribution >= 0.6 is 0 Å². The largest absolute Gasteiger partial charge is 0.419 e. The Balaban J connectivity index is 1.80. The van der Waals surface area contributed by atoms with Crippen LogP contribution in [0.2, 0.25) is 0 Å². The van der Waals surface area contributed by atoms with E-state index in [4.69, 9.17) is 5.73 Å². The van der Waals surface area contributed by atoms with Crippen LogP contribution in [0.15, 0.2) is 42.5 Å². The summed E-state index contributed by atoms with van der Waals surface area (Å²) in [6, 6.07) is 6.94. The molecular formula is C21H16F5N5O2. The topological polar surface area (TPSA) is 93.2 Å². The first kappa shape index (κ1) is 22.2. The standard InChI is InChI=1S/C21H16F5N5O2/c22-12-4-1-3-11(9-12)18-16(15-10-30(20(27)33)7-8-31(15)29-18)19(32)28-14-6-2-5-13(17(14)23)21(24,25)26/h1-6,9H,7-8,10H2,(H2,27,33)(H,28,32). The highest BCUT2D eigenvalue weighted by Gasteiger charge is 2.36. The second-order valence-corrected chi connectivity index (χ2v) is 7.28. The lowest BCUT2D eigenvalue weighted by Crippen LogP contribution is -2.42. The Bertz CT molecular complexity index is 1250. The van der Waals surface area contributed by atoms with Crippen molar-refractivity contribution in [1.82, 2.24) is 14.7 Å². The molecule has 7 nitrogen and oxygen atoms in total. The molecule has 0 saturated carbocycles. The summed E-state index contributed by atoms with van der Waals surface area (Å²) in [5.74, 6) is -3.22. The second-order valence-electron chi connectivity index (χ2n) is 7.28. The van der Waals surface area contributed by atoms with Gasteiger partial charge >= 0.3 is 12.2 Å². The van der Waals surface area contributed by atoms with E-state index in [1.54, 1.807) is 0 Å². The van der Waals surface area contributed by atoms with Gasteiger partial charge in [0.05, 0.1) is 35.6 Å². The smallest absolute Gasteiger partial charge is 0.351 e. The molecule has 172 valence electrons. The number of rotatable bonds is 3. The molecule has 0 bridgehead atoms. The van der Waals surface area contributed by atoms with Gasteiger partial charge < -0.3 is 16.0 Å². The number of anilines is 1. The van der Waals surface area contributed by atoms with Crippen molar-refractivity contribution in [3.05, 3.63) is 70.9 Å². The monoisotopic (exact) mass is 465 g/mol. The maximum Gasteiger partial charge on any atom is 0.419 e. The fourth-order valence-electron chi connectivity index (χ4n) is 3.61. The molecule has 1 aliphatic rings. The van der Waals surface area contributed by atoms with E-state index in [0.717, 1.165) is 18.2 Å². The molecule has 0 saturated heterocycles. The van der Waals surface area contributed by atoms with E-state index in [-0.39, 0.29) is 42.1 Å². The van der Waals surface area contributed by atoms with Crippen molar-refractivity contribution in [3.63, 3.8) is 0 Å². The van der Waals surface area contributed by atoms with Crippen LogP contribution in [0.1, 0.15) is 21.6 Å². The van der Waals surface area contributed by atoms with Gasteiger partial charge in [0.15, 0.2) is 5.82 Å². The van der Waals surface area contributed by atoms with Gasteiger partial charge in [-0.05, 0) is 24.3 Å². The summed E-state index contributed by atoms with van der Waals surface area (Å²) in [6.45, 7) is 0.257. The number of aromatic nitrogens is 2. The van der Waals surface area contributed by atoms with Crippen LogP contribution in [-0.2, 0) is 19.3 Å². The number of benzene rings is 2. The Morgan fingerprint density at radius 1 is 1.06 bits per heavy atom. The highest BCUT2D eigenvalue weighted by molar-refractivity contribution is 6.09. The third-order valence-electron chi connectivity index (χ3n) is 5.17. The van der Waals surface area contributed by atoms with Crippen molar-refractivity contribution in [2.24, 2.45) is 5.73 Å². The molecule has 3 N–H and O–H groups in total. The molecule has 0 aliphatic carbocycles. The molecule has 4 rings (SSSR count). The minimum Gasteiger partial charge on any atom is -0.351 e. The number of primary amides is 1. The zero-order chi connectivity index (χ0) is 23.9. The SMILES string of the molecule is NC(=O)N1CCn2nc(-c3cccc(F)c3)c(C(=O)Nc3cccc(C(F)(F)F)c3F)c2C1. The molecule has 2 heterocycles. The number of halogens is 5. The molecule has 33 heavy (non-hydrogen) atoms. The van der Waals surface area contributed by atoms with E-state index < -0.39 is 41.0 Å². The number of hydrogen-bond acceptors (Lipinski definition) is 3. The predicted octanol–water partition coefficient (Wildman–Crippen LogP) is 3.99. The first-order chi connectivity index (χ1) is 15.6. The third-order valence-corrected chi connectivity index (χ3v) is 5.17. The Morgan fingerprint density at radius 3 is 2.45 bits per heavy atom. The van der Waals surface area contributed by atoms with Gasteiger partial charge in [0, 0.05) is 12.1 Å². The van der Waals surface area contributed by atoms with Gasteiger partial charge in [-0.3, -0.25) is 9.48 Å². The van der Waals surface area contributed by atoms with Crippen molar-refractivity contribution >= 4 is 17.6 Å². The molecule has 1 aromatic heterocycles. The lowest BCUT2D eigenvalue weighted by atomic mass is 10.0. The van der Waals surface area contributed by atoms with Crippen LogP contribution < -0.4 is 11.1 Å². The summed E-state index contributed by atoms with van der Waals surface area (Å²) in [4.78, 5) is 26.1. The molecule has 0 unspecified atom stereocenters. The summed E-state index contributed by atoms with van der Waals surface area (Å²) in [6.07, 6.45) is -4.96. The Labute approximate surface area is 183 Å². The number of carbonyl (C=O) groups is 2. The Morgan fingerprint density at radius 2 is 1.79 bits per heavy atom. The summed E-state index contributed by atoms with van der Waals surface area (Å²) >= 11 is 0. The quantitative estimate of drug-likeness (QED) is 0.573. The van der Waals surface area contributed by atoms with Crippen molar-refractivity contribution in [3.8, 4) is 11.3 Å². The highest BCUT2D eigenvalue weighted by Crippen LogP contribution is 2.35. The minimum atomic E-state index is -4.96. The second kappa shape index (κ2) is 8.19. The first-order valence-corrected chi connectivity index (χ1v) is 9.63. The summed E-state index contributed by atoms with van der Waals surface area (Å²) in [5, 5.41) is 6.48. The molecule has 2 aromatic carbocycles. The van der Waals surface area contributed by atoms with Gasteiger partial charge in [0.25, 0.3) is 5.91 Å². The summed E-state index contributed by atoms with van der Waals surface area (Å²) in [5.41, 5.74) is 3.45. The van der Waals surface area contributed by atoms with Crippen molar-refractivity contribution in [1.29, 1.82) is 0 Å². The van der Waals surface area contributed by atoms with Crippen LogP contribution in [0.25, 0.3) is 11.3 Å². The normalized spacial score (nSPS) is 13.5. The molecule has 1 aliphatic heterocycles. The zero-order valence-corrected chi connectivity index (χ0v) is 16.8. The van der Waals surface area contributed by atoms with Crippen molar-refractivity contribution in [2.45, 2.75) is 19.3 Å². The first-order valence-electron chi connectivity index (χ1n) is 9.63. The van der Waals surface area contributed by atoms with E-state index >= 15 is 0 Å². The van der Waals surface area contributed by atoms with Crippen molar-refractivity contribution < 1.29 is 31.5 Å². The average Bonchev–Trinajstić information content (AvgIpc) is 3.13. The number of alkyl halides is 3. The van der Waals surface area contributed by atoms with Crippen LogP contribution in [0.3, 0.4) is 0 Å². The van der Waals surface area contributed by atoms with Crippen LogP contribution in [-0.4, -0.2) is 33.2 Å². The van der Waals surface area contributed by atoms with Crippen LogP contribution in [0.5, 0.6) is 0 Å². The van der Waals surface area contributed by atoms with Crippen molar-refractivity contribution in [2.75, 3.05) is 11.9 Å². The fourth-order valence-corrected chi connectivity index (χ4v) is 3.61. The maximum absolute atomic E-state index is 14.5. The van der Waals surface area contributed by atoms with Gasteiger partial charge in [-0.2, -0.15) is 18.3 Å². The number of nitrogens with two attached hydrogens (primary N) is 1. The van der Waals surface area contributed by atoms with E-state index in [0.29, 0.717) is 6.07 Å². The maximum atomic E-state index is 14.5. The van der Waals surface area contributed by atoms with Crippen LogP contribution in [0, 0.1) is 11.6 Å². The van der Waals surface area contributed by atoms with Gasteiger partial charge in [0.1, 0.15) is 11.5 Å². The Hall–Kier alpha value is -3.96. The molecule has 0 fully saturated rings. The predicted molar refractivity (Wildman–Crippen MR) is 107 cm³/mol. The molecule has 0 radical (unpaired) electrons. The van der Waals surface area contributed by atoms with Gasteiger partial charge in [-0.1, -0.05) is 18.2 Å². The van der Waals surface area contributed by atoms with E-state index in [2.05, 4.69) is 10.4 Å². The molecule has 12 heteroatoms. The number of nitrogens with one attached hydrogen (secondary N) is 1. The number of fused-ring (bicyclic) bond motifs is 1. The van der Waals surface area contributed by atoms with Gasteiger partial charge in [0.2, 0.25) is 0 Å². The van der Waals surface area contributed by atoms with Gasteiger partial charge in [-0.25, -0.2) is 13.6 Å². The van der Waals surface area contributed by atoms with E-state index in [1.807, 2.05) is 0 Å². The number of amides is 3. The number of carbonyl (C=O) groups excluding carboxylic acids is 2. The summed E-state index contributed by atoms with van der Waals surface area (Å²) < 4.78 is 68.9. The Kier molecular flexibility index (Phi) is 5.52. The molecule has 3 aromatic rings. The lowest BCUT2D eigenvalue weighted by molar-refractivity contribution is -0.139. The van der Waals surface area contributed by atoms with E-state index in [9.17, 15) is 31.5 Å². The van der Waals surface area contributed by atoms with Crippen LogP contribution in [0.4, 0.5) is 32.4 Å². The minimum absolute atomic E-state index is 0.0284. The molecule has 0 atom stereocenters. The molecule has 0 spiro atoms. The zero-order valence-electron chi connectivity index (χ0n) is 16.8. The summed E-state index contributed by atoms with van der Waals surface area (Å²) in [7, 11) is 0.